The Morgan fingerprint density at radius 2 is 1.00 bits per heavy atom. The van der Waals surface area contributed by atoms with Crippen LogP contribution < -0.4 is 4.57 Å². The second kappa shape index (κ2) is 22.7. The zero-order valence-electron chi connectivity index (χ0n) is 24.0. The lowest BCUT2D eigenvalue weighted by atomic mass is 9.96. The molecular weight excluding hydrogens is 412 g/mol. The van der Waals surface area contributed by atoms with E-state index in [0.29, 0.717) is 12.0 Å². The molecule has 0 aliphatic heterocycles. The Morgan fingerprint density at radius 3 is 1.44 bits per heavy atom. The molecule has 0 fully saturated rings. The van der Waals surface area contributed by atoms with Gasteiger partial charge in [0.05, 0.1) is 12.0 Å². The van der Waals surface area contributed by atoms with Crippen molar-refractivity contribution in [2.45, 2.75) is 187 Å². The van der Waals surface area contributed by atoms with Gasteiger partial charge >= 0.3 is 0 Å². The molecule has 1 rings (SSSR count). The third kappa shape index (κ3) is 15.3. The maximum Gasteiger partial charge on any atom is 0.257 e. The molecule has 2 unspecified atom stereocenters. The SMILES string of the molecule is CCCCCCCCCCCCCCCCCC(C)[n+]1cc[nH]c1C(CC)CCCCCCC. The van der Waals surface area contributed by atoms with E-state index in [1.807, 2.05) is 0 Å². The highest BCUT2D eigenvalue weighted by atomic mass is 15.1. The van der Waals surface area contributed by atoms with E-state index in [0.717, 1.165) is 0 Å². The highest BCUT2D eigenvalue weighted by Crippen LogP contribution is 2.24. The van der Waals surface area contributed by atoms with Crippen LogP contribution in [0, 0.1) is 0 Å². The van der Waals surface area contributed by atoms with Gasteiger partial charge < -0.3 is 0 Å². The molecule has 0 aliphatic carbocycles. The van der Waals surface area contributed by atoms with Crippen molar-refractivity contribution >= 4 is 0 Å². The van der Waals surface area contributed by atoms with Crippen LogP contribution in [-0.2, 0) is 0 Å². The first-order chi connectivity index (χ1) is 16.7. The third-order valence-corrected chi connectivity index (χ3v) is 7.98. The van der Waals surface area contributed by atoms with Crippen LogP contribution in [-0.4, -0.2) is 4.98 Å². The van der Waals surface area contributed by atoms with Gasteiger partial charge in [0, 0.05) is 0 Å². The van der Waals surface area contributed by atoms with Crippen LogP contribution in [0.3, 0.4) is 0 Å². The average molecular weight is 476 g/mol. The van der Waals surface area contributed by atoms with Crippen molar-refractivity contribution in [1.82, 2.24) is 4.98 Å². The molecule has 2 atom stereocenters. The molecule has 0 aliphatic rings. The maximum atomic E-state index is 3.61. The van der Waals surface area contributed by atoms with Crippen LogP contribution >= 0.6 is 0 Å². The Labute approximate surface area is 215 Å². The summed E-state index contributed by atoms with van der Waals surface area (Å²) in [5.41, 5.74) is 0. The summed E-state index contributed by atoms with van der Waals surface area (Å²) in [6.07, 6.45) is 37.0. The number of imidazole rings is 1. The van der Waals surface area contributed by atoms with E-state index in [9.17, 15) is 0 Å². The number of rotatable bonds is 25. The van der Waals surface area contributed by atoms with Gasteiger partial charge in [0.2, 0.25) is 0 Å². The highest BCUT2D eigenvalue weighted by molar-refractivity contribution is 4.89. The number of H-pyrrole nitrogens is 1. The molecule has 0 saturated heterocycles. The summed E-state index contributed by atoms with van der Waals surface area (Å²) in [4.78, 5) is 3.61. The van der Waals surface area contributed by atoms with Crippen molar-refractivity contribution in [3.8, 4) is 0 Å². The van der Waals surface area contributed by atoms with Gasteiger partial charge in [-0.25, -0.2) is 9.55 Å². The summed E-state index contributed by atoms with van der Waals surface area (Å²) in [5.74, 6) is 2.17. The molecular formula is C32H63N2+. The number of nitrogens with one attached hydrogen (secondary N) is 1. The van der Waals surface area contributed by atoms with Gasteiger partial charge in [-0.1, -0.05) is 143 Å². The molecule has 0 amide bonds. The largest absolute Gasteiger partial charge is 0.257 e. The average Bonchev–Trinajstić information content (AvgIpc) is 3.33. The van der Waals surface area contributed by atoms with Crippen LogP contribution in [0.25, 0.3) is 0 Å². The zero-order chi connectivity index (χ0) is 24.7. The van der Waals surface area contributed by atoms with Crippen molar-refractivity contribution in [2.24, 2.45) is 0 Å². The molecule has 0 radical (unpaired) electrons. The van der Waals surface area contributed by atoms with Gasteiger partial charge in [0.25, 0.3) is 5.82 Å². The molecule has 1 aromatic rings. The van der Waals surface area contributed by atoms with Crippen LogP contribution in [0.1, 0.15) is 193 Å². The van der Waals surface area contributed by atoms with Gasteiger partial charge in [-0.2, -0.15) is 0 Å². The Hall–Kier alpha value is -0.790. The molecule has 1 heterocycles. The number of aromatic nitrogens is 2. The summed E-state index contributed by atoms with van der Waals surface area (Å²) in [6, 6.07) is 0.623. The van der Waals surface area contributed by atoms with Gasteiger partial charge in [0.15, 0.2) is 0 Å². The molecule has 1 N–H and O–H groups in total. The molecule has 0 aromatic carbocycles. The minimum atomic E-state index is 0.623. The van der Waals surface area contributed by atoms with Crippen molar-refractivity contribution in [3.05, 3.63) is 18.2 Å². The molecule has 0 saturated carbocycles. The Bertz CT molecular complexity index is 535. The Balaban J connectivity index is 2.07. The minimum absolute atomic E-state index is 0.623. The lowest BCUT2D eigenvalue weighted by Gasteiger charge is -2.16. The molecule has 0 bridgehead atoms. The number of unbranched alkanes of at least 4 members (excludes halogenated alkanes) is 18. The molecule has 0 spiro atoms. The van der Waals surface area contributed by atoms with E-state index in [-0.39, 0.29) is 0 Å². The summed E-state index contributed by atoms with van der Waals surface area (Å²) in [6.45, 7) is 9.39. The minimum Gasteiger partial charge on any atom is -0.247 e. The number of nitrogens with zero attached hydrogens (tertiary/aromatic N) is 1. The topological polar surface area (TPSA) is 19.7 Å². The lowest BCUT2D eigenvalue weighted by molar-refractivity contribution is -0.727. The smallest absolute Gasteiger partial charge is 0.247 e. The van der Waals surface area contributed by atoms with Crippen molar-refractivity contribution in [3.63, 3.8) is 0 Å². The van der Waals surface area contributed by atoms with Crippen molar-refractivity contribution in [1.29, 1.82) is 0 Å². The van der Waals surface area contributed by atoms with E-state index < -0.39 is 0 Å². The normalized spacial score (nSPS) is 13.4. The van der Waals surface area contributed by atoms with E-state index >= 15 is 0 Å². The first-order valence-corrected chi connectivity index (χ1v) is 15.8. The summed E-state index contributed by atoms with van der Waals surface area (Å²) >= 11 is 0. The number of aromatic amines is 1. The fraction of sp³-hybridized carbons (Fsp3) is 0.906. The van der Waals surface area contributed by atoms with E-state index in [4.69, 9.17) is 0 Å². The van der Waals surface area contributed by atoms with Crippen LogP contribution in [0.4, 0.5) is 0 Å². The fourth-order valence-corrected chi connectivity index (χ4v) is 5.55. The third-order valence-electron chi connectivity index (χ3n) is 7.98. The van der Waals surface area contributed by atoms with Gasteiger partial charge in [-0.05, 0) is 32.6 Å². The Morgan fingerprint density at radius 1 is 0.588 bits per heavy atom. The second-order valence-corrected chi connectivity index (χ2v) is 11.1. The second-order valence-electron chi connectivity index (χ2n) is 11.1. The molecule has 1 aromatic heterocycles. The van der Waals surface area contributed by atoms with Crippen molar-refractivity contribution < 1.29 is 4.57 Å². The van der Waals surface area contributed by atoms with Crippen LogP contribution in [0.15, 0.2) is 12.4 Å². The molecule has 34 heavy (non-hydrogen) atoms. The number of hydrogen-bond acceptors (Lipinski definition) is 0. The van der Waals surface area contributed by atoms with Gasteiger partial charge in [-0.15, -0.1) is 0 Å². The predicted molar refractivity (Wildman–Crippen MR) is 152 cm³/mol. The zero-order valence-corrected chi connectivity index (χ0v) is 24.0. The van der Waals surface area contributed by atoms with Gasteiger partial charge in [-0.3, -0.25) is 0 Å². The first kappa shape index (κ1) is 31.2. The van der Waals surface area contributed by atoms with Crippen molar-refractivity contribution in [2.75, 3.05) is 0 Å². The monoisotopic (exact) mass is 475 g/mol. The van der Waals surface area contributed by atoms with E-state index in [2.05, 4.69) is 49.6 Å². The lowest BCUT2D eigenvalue weighted by Crippen LogP contribution is -2.41. The van der Waals surface area contributed by atoms with Crippen LogP contribution in [0.5, 0.6) is 0 Å². The Kier molecular flexibility index (Phi) is 20.8. The fourth-order valence-electron chi connectivity index (χ4n) is 5.55. The van der Waals surface area contributed by atoms with Gasteiger partial charge in [0.1, 0.15) is 12.4 Å². The quantitative estimate of drug-likeness (QED) is 0.107. The molecule has 200 valence electrons. The predicted octanol–water partition coefficient (Wildman–Crippen LogP) is 11.0. The highest BCUT2D eigenvalue weighted by Gasteiger charge is 2.24. The standard InChI is InChI=1S/C32H62N2/c1-5-8-10-12-13-14-15-16-17-18-19-20-21-23-24-26-30(4)34-29-28-33-32(34)31(7-3)27-25-22-11-9-6-2/h28-31H,5-27H2,1-4H3/p+1. The van der Waals surface area contributed by atoms with E-state index in [1.54, 1.807) is 0 Å². The summed E-state index contributed by atoms with van der Waals surface area (Å²) in [7, 11) is 0. The first-order valence-electron chi connectivity index (χ1n) is 15.8. The summed E-state index contributed by atoms with van der Waals surface area (Å²) < 4.78 is 2.56. The molecule has 2 nitrogen and oxygen atoms in total. The summed E-state index contributed by atoms with van der Waals surface area (Å²) in [5, 5.41) is 0. The maximum absolute atomic E-state index is 3.61. The molecule has 2 heteroatoms. The number of hydrogen-bond donors (Lipinski definition) is 1. The van der Waals surface area contributed by atoms with Crippen LogP contribution in [0.2, 0.25) is 0 Å². The van der Waals surface area contributed by atoms with E-state index in [1.165, 1.54) is 154 Å².